The minimum absolute atomic E-state index is 0.192. The minimum Gasteiger partial charge on any atom is -0.315 e. The monoisotopic (exact) mass is 268 g/mol. The fraction of sp³-hybridized carbons (Fsp3) is 0.375. The summed E-state index contributed by atoms with van der Waals surface area (Å²) in [5.41, 5.74) is 5.59. The molecule has 0 aliphatic rings. The van der Waals surface area contributed by atoms with Crippen molar-refractivity contribution in [2.24, 2.45) is 5.73 Å². The number of alkyl halides is 3. The summed E-state index contributed by atoms with van der Waals surface area (Å²) in [6, 6.07) is -0.494. The van der Waals surface area contributed by atoms with Crippen LogP contribution < -0.4 is 5.73 Å². The first-order chi connectivity index (χ1) is 6.32. The van der Waals surface area contributed by atoms with Gasteiger partial charge in [0.25, 0.3) is 0 Å². The van der Waals surface area contributed by atoms with Crippen LogP contribution in [-0.4, -0.2) is 11.2 Å². The minimum atomic E-state index is -4.47. The molecule has 1 aromatic rings. The highest BCUT2D eigenvalue weighted by atomic mass is 79.9. The summed E-state index contributed by atoms with van der Waals surface area (Å²) in [7, 11) is 0. The maximum atomic E-state index is 12.2. The lowest BCUT2D eigenvalue weighted by Crippen LogP contribution is -2.29. The van der Waals surface area contributed by atoms with E-state index in [-0.39, 0.29) is 10.2 Å². The first-order valence-electron chi connectivity index (χ1n) is 3.76. The van der Waals surface area contributed by atoms with Gasteiger partial charge in [-0.2, -0.15) is 13.2 Å². The van der Waals surface area contributed by atoms with E-state index in [0.717, 1.165) is 5.56 Å². The van der Waals surface area contributed by atoms with Gasteiger partial charge >= 0.3 is 6.18 Å². The molecule has 1 heterocycles. The second kappa shape index (κ2) is 3.86. The van der Waals surface area contributed by atoms with E-state index in [4.69, 9.17) is 5.73 Å². The topological polar surface area (TPSA) is 38.9 Å². The molecule has 0 fully saturated rings. The predicted molar refractivity (Wildman–Crippen MR) is 49.7 cm³/mol. The zero-order valence-electron chi connectivity index (χ0n) is 7.27. The molecule has 0 bridgehead atoms. The summed E-state index contributed by atoms with van der Waals surface area (Å²) < 4.78 is 37.0. The summed E-state index contributed by atoms with van der Waals surface area (Å²) in [5.74, 6) is 0. The number of aromatic nitrogens is 1. The Morgan fingerprint density at radius 2 is 2.07 bits per heavy atom. The number of halogens is 4. The number of hydrogen-bond acceptors (Lipinski definition) is 2. The SMILES string of the molecule is Cc1cnc([C@@H](N)C(F)(F)F)c(Br)c1. The lowest BCUT2D eigenvalue weighted by Gasteiger charge is -2.16. The smallest absolute Gasteiger partial charge is 0.315 e. The average molecular weight is 269 g/mol. The van der Waals surface area contributed by atoms with Gasteiger partial charge in [0.15, 0.2) is 0 Å². The van der Waals surface area contributed by atoms with Crippen molar-refractivity contribution in [1.29, 1.82) is 0 Å². The highest BCUT2D eigenvalue weighted by Gasteiger charge is 2.39. The van der Waals surface area contributed by atoms with Gasteiger partial charge in [0.1, 0.15) is 6.04 Å². The number of rotatable bonds is 1. The molecule has 2 nitrogen and oxygen atoms in total. The highest BCUT2D eigenvalue weighted by molar-refractivity contribution is 9.10. The fourth-order valence-electron chi connectivity index (χ4n) is 0.928. The molecule has 0 saturated carbocycles. The molecule has 0 saturated heterocycles. The lowest BCUT2D eigenvalue weighted by atomic mass is 10.2. The highest BCUT2D eigenvalue weighted by Crippen LogP contribution is 2.33. The Bertz CT molecular complexity index is 338. The van der Waals surface area contributed by atoms with Crippen LogP contribution in [0.1, 0.15) is 17.3 Å². The number of hydrogen-bond donors (Lipinski definition) is 1. The van der Waals surface area contributed by atoms with Crippen LogP contribution in [0.25, 0.3) is 0 Å². The second-order valence-electron chi connectivity index (χ2n) is 2.90. The molecule has 0 aliphatic heterocycles. The Balaban J connectivity index is 3.08. The third-order valence-corrected chi connectivity index (χ3v) is 2.29. The molecule has 0 radical (unpaired) electrons. The molecular formula is C8H8BrF3N2. The first kappa shape index (κ1) is 11.5. The Kier molecular flexibility index (Phi) is 3.16. The van der Waals surface area contributed by atoms with Gasteiger partial charge in [-0.15, -0.1) is 0 Å². The molecule has 1 atom stereocenters. The number of pyridine rings is 1. The maximum Gasteiger partial charge on any atom is 0.409 e. The first-order valence-corrected chi connectivity index (χ1v) is 4.56. The van der Waals surface area contributed by atoms with Gasteiger partial charge in [-0.25, -0.2) is 0 Å². The largest absolute Gasteiger partial charge is 0.409 e. The molecule has 14 heavy (non-hydrogen) atoms. The Morgan fingerprint density at radius 3 is 2.50 bits per heavy atom. The van der Waals surface area contributed by atoms with E-state index in [2.05, 4.69) is 20.9 Å². The quantitative estimate of drug-likeness (QED) is 0.851. The van der Waals surface area contributed by atoms with E-state index in [1.807, 2.05) is 0 Å². The van der Waals surface area contributed by atoms with Gasteiger partial charge in [-0.3, -0.25) is 4.98 Å². The summed E-state index contributed by atoms with van der Waals surface area (Å²) in [6.45, 7) is 1.74. The maximum absolute atomic E-state index is 12.2. The molecule has 0 aromatic carbocycles. The van der Waals surface area contributed by atoms with E-state index in [9.17, 15) is 13.2 Å². The molecule has 0 aliphatic carbocycles. The Morgan fingerprint density at radius 1 is 1.50 bits per heavy atom. The van der Waals surface area contributed by atoms with Crippen molar-refractivity contribution in [3.63, 3.8) is 0 Å². The molecule has 0 spiro atoms. The van der Waals surface area contributed by atoms with Crippen molar-refractivity contribution in [1.82, 2.24) is 4.98 Å². The van der Waals surface area contributed by atoms with Crippen molar-refractivity contribution in [3.05, 3.63) is 28.0 Å². The number of aryl methyl sites for hydroxylation is 1. The molecule has 2 N–H and O–H groups in total. The zero-order chi connectivity index (χ0) is 10.9. The van der Waals surface area contributed by atoms with Crippen molar-refractivity contribution in [3.8, 4) is 0 Å². The van der Waals surface area contributed by atoms with Crippen molar-refractivity contribution < 1.29 is 13.2 Å². The van der Waals surface area contributed by atoms with Crippen LogP contribution in [0, 0.1) is 6.92 Å². The molecular weight excluding hydrogens is 261 g/mol. The van der Waals surface area contributed by atoms with Crippen LogP contribution in [0.2, 0.25) is 0 Å². The van der Waals surface area contributed by atoms with Crippen LogP contribution in [0.5, 0.6) is 0 Å². The second-order valence-corrected chi connectivity index (χ2v) is 3.75. The Labute approximate surface area is 87.4 Å². The molecule has 1 rings (SSSR count). The number of nitrogens with two attached hydrogens (primary N) is 1. The fourth-order valence-corrected chi connectivity index (χ4v) is 1.64. The summed E-state index contributed by atoms with van der Waals surface area (Å²) in [6.07, 6.45) is -3.11. The zero-order valence-corrected chi connectivity index (χ0v) is 8.85. The van der Waals surface area contributed by atoms with Crippen molar-refractivity contribution >= 4 is 15.9 Å². The molecule has 78 valence electrons. The average Bonchev–Trinajstić information content (AvgIpc) is 2.01. The Hall–Kier alpha value is -0.620. The van der Waals surface area contributed by atoms with Gasteiger partial charge < -0.3 is 5.73 Å². The third kappa shape index (κ3) is 2.45. The third-order valence-electron chi connectivity index (χ3n) is 1.65. The van der Waals surface area contributed by atoms with E-state index in [1.165, 1.54) is 6.20 Å². The van der Waals surface area contributed by atoms with Gasteiger partial charge in [0.2, 0.25) is 0 Å². The van der Waals surface area contributed by atoms with Crippen molar-refractivity contribution in [2.75, 3.05) is 0 Å². The lowest BCUT2D eigenvalue weighted by molar-refractivity contribution is -0.150. The van der Waals surface area contributed by atoms with E-state index in [0.29, 0.717) is 0 Å². The van der Waals surface area contributed by atoms with Gasteiger partial charge in [0.05, 0.1) is 5.69 Å². The van der Waals surface area contributed by atoms with Gasteiger partial charge in [0, 0.05) is 10.7 Å². The van der Waals surface area contributed by atoms with E-state index in [1.54, 1.807) is 13.0 Å². The van der Waals surface area contributed by atoms with Gasteiger partial charge in [-0.05, 0) is 34.5 Å². The predicted octanol–water partition coefficient (Wildman–Crippen LogP) is 2.71. The normalized spacial score (nSPS) is 14.1. The number of nitrogens with zero attached hydrogens (tertiary/aromatic N) is 1. The van der Waals surface area contributed by atoms with E-state index < -0.39 is 12.2 Å². The van der Waals surface area contributed by atoms with Crippen molar-refractivity contribution in [2.45, 2.75) is 19.1 Å². The summed E-state index contributed by atoms with van der Waals surface area (Å²) in [4.78, 5) is 3.65. The summed E-state index contributed by atoms with van der Waals surface area (Å²) >= 11 is 3.00. The molecule has 6 heteroatoms. The molecule has 0 amide bonds. The van der Waals surface area contributed by atoms with Crippen LogP contribution in [0.15, 0.2) is 16.7 Å². The standard InChI is InChI=1S/C8H8BrF3N2/c1-4-2-5(9)6(14-3-4)7(13)8(10,11)12/h2-3,7H,13H2,1H3/t7-/m1/s1. The van der Waals surface area contributed by atoms with E-state index >= 15 is 0 Å². The van der Waals surface area contributed by atoms with Crippen LogP contribution in [-0.2, 0) is 0 Å². The molecule has 1 aromatic heterocycles. The van der Waals surface area contributed by atoms with Crippen LogP contribution >= 0.6 is 15.9 Å². The van der Waals surface area contributed by atoms with Crippen LogP contribution in [0.3, 0.4) is 0 Å². The molecule has 0 unspecified atom stereocenters. The van der Waals surface area contributed by atoms with Crippen LogP contribution in [0.4, 0.5) is 13.2 Å². The van der Waals surface area contributed by atoms with Gasteiger partial charge in [-0.1, -0.05) is 0 Å². The summed E-state index contributed by atoms with van der Waals surface area (Å²) in [5, 5.41) is 0.